The number of carbonyl (C=O) groups excluding carboxylic acids is 1. The fourth-order valence-electron chi connectivity index (χ4n) is 5.71. The molecule has 0 spiro atoms. The first-order valence-electron chi connectivity index (χ1n) is 17.2. The van der Waals surface area contributed by atoms with Crippen LogP contribution < -0.4 is 0 Å². The van der Waals surface area contributed by atoms with Gasteiger partial charge in [0.1, 0.15) is 11.7 Å². The van der Waals surface area contributed by atoms with Gasteiger partial charge in [-0.1, -0.05) is 181 Å². The molecule has 1 aliphatic heterocycles. The summed E-state index contributed by atoms with van der Waals surface area (Å²) >= 11 is 0. The highest BCUT2D eigenvalue weighted by Crippen LogP contribution is 2.32. The molecule has 1 saturated heterocycles. The number of rotatable bonds is 29. The zero-order chi connectivity index (χ0) is 26.7. The van der Waals surface area contributed by atoms with Crippen molar-refractivity contribution in [3.8, 4) is 0 Å². The maximum absolute atomic E-state index is 11.9. The fourth-order valence-corrected chi connectivity index (χ4v) is 5.71. The van der Waals surface area contributed by atoms with Crippen molar-refractivity contribution >= 4 is 5.97 Å². The van der Waals surface area contributed by atoms with E-state index in [-0.39, 0.29) is 11.9 Å². The van der Waals surface area contributed by atoms with Crippen molar-refractivity contribution in [2.45, 2.75) is 200 Å². The Bertz CT molecular complexity index is 523. The summed E-state index contributed by atoms with van der Waals surface area (Å²) in [6.07, 6.45) is 41.8. The van der Waals surface area contributed by atoms with Gasteiger partial charge in [-0.3, -0.25) is 4.79 Å². The Morgan fingerprint density at radius 3 is 1.16 bits per heavy atom. The van der Waals surface area contributed by atoms with Gasteiger partial charge in [-0.05, 0) is 25.3 Å². The number of allylic oxidation sites excluding steroid dienone is 1. The molecule has 218 valence electrons. The zero-order valence-corrected chi connectivity index (χ0v) is 25.5. The summed E-state index contributed by atoms with van der Waals surface area (Å²) in [6.45, 7) is 4.58. The van der Waals surface area contributed by atoms with Crippen molar-refractivity contribution in [1.82, 2.24) is 0 Å². The molecule has 2 heteroatoms. The van der Waals surface area contributed by atoms with Gasteiger partial charge in [-0.25, -0.2) is 0 Å². The largest absolute Gasteiger partial charge is 0.430 e. The molecule has 0 aromatic carbocycles. The van der Waals surface area contributed by atoms with E-state index in [1.54, 1.807) is 0 Å². The maximum Gasteiger partial charge on any atom is 0.321 e. The van der Waals surface area contributed by atoms with Crippen LogP contribution >= 0.6 is 0 Å². The summed E-state index contributed by atoms with van der Waals surface area (Å²) in [4.78, 5) is 11.9. The van der Waals surface area contributed by atoms with Crippen molar-refractivity contribution in [1.29, 1.82) is 0 Å². The van der Waals surface area contributed by atoms with Gasteiger partial charge >= 0.3 is 5.97 Å². The molecule has 37 heavy (non-hydrogen) atoms. The Balaban J connectivity index is 1.85. The summed E-state index contributed by atoms with van der Waals surface area (Å²) in [5.74, 6) is 1.09. The van der Waals surface area contributed by atoms with E-state index in [1.807, 2.05) is 0 Å². The van der Waals surface area contributed by atoms with Gasteiger partial charge < -0.3 is 4.74 Å². The van der Waals surface area contributed by atoms with Gasteiger partial charge in [0.25, 0.3) is 0 Å². The highest BCUT2D eigenvalue weighted by atomic mass is 16.6. The van der Waals surface area contributed by atoms with Crippen LogP contribution in [0.4, 0.5) is 0 Å². The van der Waals surface area contributed by atoms with Crippen LogP contribution in [0.2, 0.25) is 0 Å². The minimum Gasteiger partial charge on any atom is -0.430 e. The summed E-state index contributed by atoms with van der Waals surface area (Å²) in [5.41, 5.74) is 0. The van der Waals surface area contributed by atoms with Crippen LogP contribution in [0, 0.1) is 5.92 Å². The van der Waals surface area contributed by atoms with Gasteiger partial charge in [-0.2, -0.15) is 0 Å². The SMILES string of the molecule is CCCCCCCCCCCCCCCC=C1OC(=O)C1CCCCCCCCCCCCCCCC. The average Bonchev–Trinajstić information content (AvgIpc) is 2.90. The molecule has 0 aromatic rings. The Hall–Kier alpha value is -0.790. The average molecular weight is 519 g/mol. The van der Waals surface area contributed by atoms with Crippen LogP contribution in [0.3, 0.4) is 0 Å². The van der Waals surface area contributed by atoms with Crippen molar-refractivity contribution in [2.75, 3.05) is 0 Å². The summed E-state index contributed by atoms with van der Waals surface area (Å²) in [7, 11) is 0. The number of ether oxygens (including phenoxy) is 1. The normalized spacial score (nSPS) is 16.3. The molecule has 2 nitrogen and oxygen atoms in total. The van der Waals surface area contributed by atoms with Gasteiger partial charge in [0, 0.05) is 0 Å². The molecule has 1 heterocycles. The second-order valence-corrected chi connectivity index (χ2v) is 12.0. The predicted octanol–water partition coefficient (Wildman–Crippen LogP) is 12.4. The third-order valence-corrected chi connectivity index (χ3v) is 8.35. The van der Waals surface area contributed by atoms with E-state index >= 15 is 0 Å². The van der Waals surface area contributed by atoms with Crippen LogP contribution in [-0.2, 0) is 9.53 Å². The molecule has 0 amide bonds. The molecule has 1 rings (SSSR count). The first kappa shape index (κ1) is 34.2. The van der Waals surface area contributed by atoms with E-state index in [4.69, 9.17) is 4.74 Å². The van der Waals surface area contributed by atoms with Crippen molar-refractivity contribution in [3.63, 3.8) is 0 Å². The van der Waals surface area contributed by atoms with Gasteiger partial charge in [0.05, 0.1) is 0 Å². The van der Waals surface area contributed by atoms with Crippen LogP contribution in [0.25, 0.3) is 0 Å². The van der Waals surface area contributed by atoms with E-state index in [9.17, 15) is 4.79 Å². The molecule has 0 bridgehead atoms. The van der Waals surface area contributed by atoms with Crippen LogP contribution in [-0.4, -0.2) is 5.97 Å². The van der Waals surface area contributed by atoms with Crippen molar-refractivity contribution in [2.24, 2.45) is 5.92 Å². The quantitative estimate of drug-likeness (QED) is 0.0726. The number of esters is 1. The standard InChI is InChI=1S/C35H66O2/c1-3-5-7-9-11-13-15-17-19-21-23-25-27-29-31-33-34(37-35(33)36)32-30-28-26-24-22-20-18-16-14-12-10-8-6-4-2/h32-33H,3-31H2,1-2H3. The first-order valence-corrected chi connectivity index (χ1v) is 17.2. The molecular weight excluding hydrogens is 452 g/mol. The fraction of sp³-hybridized carbons (Fsp3) is 0.914. The number of unbranched alkanes of at least 4 members (excludes halogenated alkanes) is 26. The van der Waals surface area contributed by atoms with E-state index in [0.717, 1.165) is 18.6 Å². The molecular formula is C35H66O2. The molecule has 0 saturated carbocycles. The first-order chi connectivity index (χ1) is 18.3. The number of cyclic esters (lactones) is 1. The van der Waals surface area contributed by atoms with Gasteiger partial charge in [-0.15, -0.1) is 0 Å². The molecule has 0 aliphatic carbocycles. The van der Waals surface area contributed by atoms with E-state index in [1.165, 1.54) is 173 Å². The van der Waals surface area contributed by atoms with Gasteiger partial charge in [0.15, 0.2) is 0 Å². The summed E-state index contributed by atoms with van der Waals surface area (Å²) in [6, 6.07) is 0. The third kappa shape index (κ3) is 20.8. The smallest absolute Gasteiger partial charge is 0.321 e. The molecule has 1 aliphatic rings. The summed E-state index contributed by atoms with van der Waals surface area (Å²) in [5, 5.41) is 0. The summed E-state index contributed by atoms with van der Waals surface area (Å²) < 4.78 is 5.36. The van der Waals surface area contributed by atoms with E-state index < -0.39 is 0 Å². The van der Waals surface area contributed by atoms with Crippen molar-refractivity contribution < 1.29 is 9.53 Å². The lowest BCUT2D eigenvalue weighted by Gasteiger charge is -2.28. The molecule has 1 unspecified atom stereocenters. The molecule has 0 aromatic heterocycles. The minimum absolute atomic E-state index is 0.0197. The van der Waals surface area contributed by atoms with Crippen LogP contribution in [0.5, 0.6) is 0 Å². The number of hydrogen-bond donors (Lipinski definition) is 0. The lowest BCUT2D eigenvalue weighted by molar-refractivity contribution is -0.157. The van der Waals surface area contributed by atoms with Crippen LogP contribution in [0.15, 0.2) is 11.8 Å². The second-order valence-electron chi connectivity index (χ2n) is 12.0. The Morgan fingerprint density at radius 2 is 0.811 bits per heavy atom. The Labute approximate surface area is 233 Å². The lowest BCUT2D eigenvalue weighted by Crippen LogP contribution is -2.32. The molecule has 1 fully saturated rings. The predicted molar refractivity (Wildman–Crippen MR) is 163 cm³/mol. The monoisotopic (exact) mass is 519 g/mol. The zero-order valence-electron chi connectivity index (χ0n) is 25.5. The molecule has 0 N–H and O–H groups in total. The highest BCUT2D eigenvalue weighted by Gasteiger charge is 2.36. The Morgan fingerprint density at radius 1 is 0.486 bits per heavy atom. The third-order valence-electron chi connectivity index (χ3n) is 8.35. The lowest BCUT2D eigenvalue weighted by atomic mass is 9.93. The van der Waals surface area contributed by atoms with Crippen LogP contribution in [0.1, 0.15) is 200 Å². The second kappa shape index (κ2) is 26.8. The van der Waals surface area contributed by atoms with E-state index in [0.29, 0.717) is 0 Å². The topological polar surface area (TPSA) is 26.3 Å². The maximum atomic E-state index is 11.9. The van der Waals surface area contributed by atoms with Gasteiger partial charge in [0.2, 0.25) is 0 Å². The minimum atomic E-state index is 0.0197. The number of hydrogen-bond acceptors (Lipinski definition) is 2. The highest BCUT2D eigenvalue weighted by molar-refractivity contribution is 5.82. The van der Waals surface area contributed by atoms with E-state index in [2.05, 4.69) is 19.9 Å². The number of carbonyl (C=O) groups is 1. The molecule has 1 atom stereocenters. The molecule has 0 radical (unpaired) electrons. The Kier molecular flexibility index (Phi) is 24.8. The van der Waals surface area contributed by atoms with Crippen molar-refractivity contribution in [3.05, 3.63) is 11.8 Å².